The molecule has 90 valence electrons. The highest BCUT2D eigenvalue weighted by atomic mass is 127. The number of carbonyl (C=O) groups is 1. The third-order valence-electron chi connectivity index (χ3n) is 2.70. The first-order valence-electron chi connectivity index (χ1n) is 5.58. The molecule has 0 aliphatic carbocycles. The van der Waals surface area contributed by atoms with Crippen molar-refractivity contribution in [2.45, 2.75) is 6.92 Å². The molecule has 3 nitrogen and oxygen atoms in total. The highest BCUT2D eigenvalue weighted by Crippen LogP contribution is 2.27. The van der Waals surface area contributed by atoms with Crippen LogP contribution < -0.4 is 5.32 Å². The van der Waals surface area contributed by atoms with Crippen LogP contribution in [-0.2, 0) is 9.53 Å². The molecule has 1 atom stereocenters. The van der Waals surface area contributed by atoms with Gasteiger partial charge in [-0.25, -0.2) is 0 Å². The standard InChI is InChI=1S/C13H14INO2/c1-2-17-13(16)12-8-15-7-11(12)9-3-5-10(14)6-4-9/h3-7,12,15H,2,8H2,1H3. The largest absolute Gasteiger partial charge is 0.465 e. The second-order valence-corrected chi connectivity index (χ2v) is 5.07. The van der Waals surface area contributed by atoms with Crippen molar-refractivity contribution in [1.29, 1.82) is 0 Å². The summed E-state index contributed by atoms with van der Waals surface area (Å²) < 4.78 is 6.27. The van der Waals surface area contributed by atoms with Gasteiger partial charge in [-0.3, -0.25) is 4.79 Å². The van der Waals surface area contributed by atoms with Gasteiger partial charge < -0.3 is 10.1 Å². The predicted octanol–water partition coefficient (Wildman–Crippen LogP) is 2.41. The van der Waals surface area contributed by atoms with E-state index in [1.54, 1.807) is 0 Å². The van der Waals surface area contributed by atoms with Gasteiger partial charge in [0.05, 0.1) is 6.61 Å². The van der Waals surface area contributed by atoms with Gasteiger partial charge in [-0.2, -0.15) is 0 Å². The first kappa shape index (κ1) is 12.4. The summed E-state index contributed by atoms with van der Waals surface area (Å²) in [4.78, 5) is 11.8. The average Bonchev–Trinajstić information content (AvgIpc) is 2.79. The molecular formula is C13H14INO2. The lowest BCUT2D eigenvalue weighted by atomic mass is 9.95. The first-order chi connectivity index (χ1) is 8.22. The van der Waals surface area contributed by atoms with Crippen LogP contribution in [0, 0.1) is 9.49 Å². The second-order valence-electron chi connectivity index (χ2n) is 3.82. The van der Waals surface area contributed by atoms with Crippen LogP contribution in [0.2, 0.25) is 0 Å². The molecule has 1 heterocycles. The number of hydrogen-bond acceptors (Lipinski definition) is 3. The SMILES string of the molecule is CCOC(=O)C1CNC=C1c1ccc(I)cc1. The minimum absolute atomic E-state index is 0.151. The van der Waals surface area contributed by atoms with Crippen molar-refractivity contribution in [3.05, 3.63) is 39.6 Å². The van der Waals surface area contributed by atoms with Crippen molar-refractivity contribution in [2.24, 2.45) is 5.92 Å². The molecule has 1 aromatic rings. The normalized spacial score (nSPS) is 18.5. The Morgan fingerprint density at radius 2 is 2.18 bits per heavy atom. The van der Waals surface area contributed by atoms with E-state index in [2.05, 4.69) is 27.9 Å². The highest BCUT2D eigenvalue weighted by Gasteiger charge is 2.28. The lowest BCUT2D eigenvalue weighted by molar-refractivity contribution is -0.145. The topological polar surface area (TPSA) is 38.3 Å². The van der Waals surface area contributed by atoms with E-state index in [0.717, 1.165) is 11.1 Å². The van der Waals surface area contributed by atoms with Crippen molar-refractivity contribution in [3.63, 3.8) is 0 Å². The zero-order valence-electron chi connectivity index (χ0n) is 9.57. The van der Waals surface area contributed by atoms with Crippen LogP contribution in [0.1, 0.15) is 12.5 Å². The van der Waals surface area contributed by atoms with Crippen LogP contribution >= 0.6 is 22.6 Å². The minimum atomic E-state index is -0.185. The van der Waals surface area contributed by atoms with E-state index in [9.17, 15) is 4.79 Å². The smallest absolute Gasteiger partial charge is 0.315 e. The first-order valence-corrected chi connectivity index (χ1v) is 6.66. The molecule has 0 spiro atoms. The Morgan fingerprint density at radius 1 is 1.47 bits per heavy atom. The molecule has 1 unspecified atom stereocenters. The number of carbonyl (C=O) groups excluding carboxylic acids is 1. The fourth-order valence-electron chi connectivity index (χ4n) is 1.88. The van der Waals surface area contributed by atoms with Gasteiger partial charge in [0.25, 0.3) is 0 Å². The summed E-state index contributed by atoms with van der Waals surface area (Å²) in [5, 5.41) is 3.11. The lowest BCUT2D eigenvalue weighted by Crippen LogP contribution is -2.22. The Morgan fingerprint density at radius 3 is 2.82 bits per heavy atom. The molecule has 17 heavy (non-hydrogen) atoms. The lowest BCUT2D eigenvalue weighted by Gasteiger charge is -2.12. The third kappa shape index (κ3) is 2.80. The summed E-state index contributed by atoms with van der Waals surface area (Å²) in [5.41, 5.74) is 2.09. The average molecular weight is 343 g/mol. The summed E-state index contributed by atoms with van der Waals surface area (Å²) >= 11 is 2.26. The van der Waals surface area contributed by atoms with Crippen LogP contribution in [0.25, 0.3) is 5.57 Å². The number of benzene rings is 1. The molecule has 0 amide bonds. The fourth-order valence-corrected chi connectivity index (χ4v) is 2.24. The van der Waals surface area contributed by atoms with E-state index in [0.29, 0.717) is 13.2 Å². The van der Waals surface area contributed by atoms with Crippen LogP contribution in [0.5, 0.6) is 0 Å². The molecule has 0 fully saturated rings. The van der Waals surface area contributed by atoms with Crippen LogP contribution in [-0.4, -0.2) is 19.1 Å². The summed E-state index contributed by atoms with van der Waals surface area (Å²) in [6.45, 7) is 2.88. The van der Waals surface area contributed by atoms with Crippen molar-refractivity contribution >= 4 is 34.1 Å². The molecule has 0 aromatic heterocycles. The van der Waals surface area contributed by atoms with Crippen molar-refractivity contribution < 1.29 is 9.53 Å². The summed E-state index contributed by atoms with van der Waals surface area (Å²) in [5.74, 6) is -0.336. The summed E-state index contributed by atoms with van der Waals surface area (Å²) in [6, 6.07) is 8.15. The maximum Gasteiger partial charge on any atom is 0.315 e. The summed E-state index contributed by atoms with van der Waals surface area (Å²) in [7, 11) is 0. The minimum Gasteiger partial charge on any atom is -0.465 e. The number of esters is 1. The second kappa shape index (κ2) is 5.53. The third-order valence-corrected chi connectivity index (χ3v) is 3.42. The van der Waals surface area contributed by atoms with Gasteiger partial charge in [0.1, 0.15) is 5.92 Å². The van der Waals surface area contributed by atoms with Crippen molar-refractivity contribution in [1.82, 2.24) is 5.32 Å². The van der Waals surface area contributed by atoms with Gasteiger partial charge in [0, 0.05) is 16.3 Å². The maximum absolute atomic E-state index is 11.8. The molecule has 1 aliphatic rings. The van der Waals surface area contributed by atoms with Crippen molar-refractivity contribution in [2.75, 3.05) is 13.2 Å². The van der Waals surface area contributed by atoms with Crippen LogP contribution in [0.15, 0.2) is 30.5 Å². The molecule has 1 N–H and O–H groups in total. The number of halogens is 1. The quantitative estimate of drug-likeness (QED) is 0.677. The number of ether oxygens (including phenoxy) is 1. The zero-order valence-corrected chi connectivity index (χ0v) is 11.7. The van der Waals surface area contributed by atoms with Crippen molar-refractivity contribution in [3.8, 4) is 0 Å². The van der Waals surface area contributed by atoms with E-state index in [1.165, 1.54) is 3.57 Å². The van der Waals surface area contributed by atoms with E-state index >= 15 is 0 Å². The van der Waals surface area contributed by atoms with Crippen LogP contribution in [0.3, 0.4) is 0 Å². The van der Waals surface area contributed by atoms with Crippen LogP contribution in [0.4, 0.5) is 0 Å². The Kier molecular flexibility index (Phi) is 4.04. The highest BCUT2D eigenvalue weighted by molar-refractivity contribution is 14.1. The Balaban J connectivity index is 2.20. The van der Waals surface area contributed by atoms with Gasteiger partial charge in [-0.15, -0.1) is 0 Å². The molecule has 1 aromatic carbocycles. The molecule has 4 heteroatoms. The molecule has 0 saturated carbocycles. The van der Waals surface area contributed by atoms with Gasteiger partial charge in [-0.05, 0) is 52.8 Å². The molecular weight excluding hydrogens is 329 g/mol. The number of hydrogen-bond donors (Lipinski definition) is 1. The maximum atomic E-state index is 11.8. The Labute approximate surface area is 114 Å². The Bertz CT molecular complexity index is 439. The molecule has 0 bridgehead atoms. The van der Waals surface area contributed by atoms with E-state index < -0.39 is 0 Å². The van der Waals surface area contributed by atoms with E-state index in [1.807, 2.05) is 37.4 Å². The number of rotatable bonds is 3. The molecule has 1 aliphatic heterocycles. The van der Waals surface area contributed by atoms with E-state index in [-0.39, 0.29) is 11.9 Å². The Hall–Kier alpha value is -1.04. The molecule has 0 saturated heterocycles. The molecule has 2 rings (SSSR count). The fraction of sp³-hybridized carbons (Fsp3) is 0.308. The van der Waals surface area contributed by atoms with E-state index in [4.69, 9.17) is 4.74 Å². The van der Waals surface area contributed by atoms with Gasteiger partial charge in [0.15, 0.2) is 0 Å². The monoisotopic (exact) mass is 343 g/mol. The summed E-state index contributed by atoms with van der Waals surface area (Å²) in [6.07, 6.45) is 1.91. The van der Waals surface area contributed by atoms with Gasteiger partial charge >= 0.3 is 5.97 Å². The predicted molar refractivity (Wildman–Crippen MR) is 75.3 cm³/mol. The number of nitrogens with one attached hydrogen (secondary N) is 1. The molecule has 0 radical (unpaired) electrons. The zero-order chi connectivity index (χ0) is 12.3. The van der Waals surface area contributed by atoms with Gasteiger partial charge in [0.2, 0.25) is 0 Å². The van der Waals surface area contributed by atoms with Gasteiger partial charge in [-0.1, -0.05) is 12.1 Å².